The van der Waals surface area contributed by atoms with Crippen LogP contribution in [0.5, 0.6) is 5.75 Å². The Hall–Kier alpha value is -1.90. The van der Waals surface area contributed by atoms with Gasteiger partial charge in [-0.05, 0) is 47.8 Å². The van der Waals surface area contributed by atoms with Crippen molar-refractivity contribution in [3.05, 3.63) is 41.2 Å². The highest BCUT2D eigenvalue weighted by Gasteiger charge is 2.26. The van der Waals surface area contributed by atoms with Gasteiger partial charge in [0.1, 0.15) is 5.75 Å². The van der Waals surface area contributed by atoms with Gasteiger partial charge in [-0.2, -0.15) is 0 Å². The van der Waals surface area contributed by atoms with Crippen molar-refractivity contribution in [2.45, 2.75) is 52.9 Å². The first kappa shape index (κ1) is 16.0. The van der Waals surface area contributed by atoms with Crippen LogP contribution in [0.1, 0.15) is 56.9 Å². The van der Waals surface area contributed by atoms with Crippen molar-refractivity contribution in [3.8, 4) is 17.1 Å². The molecule has 0 aliphatic heterocycles. The zero-order chi connectivity index (χ0) is 16.6. The number of aryl methyl sites for hydroxylation is 1. The maximum Gasteiger partial charge on any atom is 0.159 e. The summed E-state index contributed by atoms with van der Waals surface area (Å²) in [6.45, 7) is 8.99. The average molecular weight is 310 g/mol. The molecule has 1 aromatic heterocycles. The fourth-order valence-electron chi connectivity index (χ4n) is 3.29. The fraction of sp³-hybridized carbons (Fsp3) is 0.500. The summed E-state index contributed by atoms with van der Waals surface area (Å²) in [5.74, 6) is 2.15. The number of fused-ring (bicyclic) bond motifs is 1. The molecule has 23 heavy (non-hydrogen) atoms. The number of nitrogens with zero attached hydrogens (tertiary/aromatic N) is 2. The quantitative estimate of drug-likeness (QED) is 0.817. The van der Waals surface area contributed by atoms with Crippen LogP contribution < -0.4 is 4.74 Å². The van der Waals surface area contributed by atoms with Gasteiger partial charge >= 0.3 is 0 Å². The van der Waals surface area contributed by atoms with Gasteiger partial charge in [0.05, 0.1) is 7.11 Å². The predicted octanol–water partition coefficient (Wildman–Crippen LogP) is 4.79. The molecule has 0 N–H and O–H groups in total. The number of hydrogen-bond donors (Lipinski definition) is 0. The van der Waals surface area contributed by atoms with Crippen molar-refractivity contribution >= 4 is 0 Å². The second kappa shape index (κ2) is 5.95. The second-order valence-electron chi connectivity index (χ2n) is 7.62. The molecule has 3 heteroatoms. The van der Waals surface area contributed by atoms with Crippen molar-refractivity contribution < 1.29 is 4.74 Å². The molecule has 0 saturated carbocycles. The topological polar surface area (TPSA) is 35.0 Å². The standard InChI is InChI=1S/C20H26N2O/c1-13(2)16-7-6-14(10-18(16)23-5)19-21-12-15-8-9-20(3,4)11-17(15)22-19/h6-7,10,12-13H,8-9,11H2,1-5H3. The molecule has 0 atom stereocenters. The van der Waals surface area contributed by atoms with E-state index in [2.05, 4.69) is 50.9 Å². The molecule has 1 aromatic carbocycles. The largest absolute Gasteiger partial charge is 0.496 e. The van der Waals surface area contributed by atoms with Gasteiger partial charge in [-0.1, -0.05) is 39.8 Å². The fourth-order valence-corrected chi connectivity index (χ4v) is 3.29. The summed E-state index contributed by atoms with van der Waals surface area (Å²) in [7, 11) is 1.72. The van der Waals surface area contributed by atoms with E-state index in [-0.39, 0.29) is 0 Å². The van der Waals surface area contributed by atoms with Crippen LogP contribution in [0.2, 0.25) is 0 Å². The van der Waals surface area contributed by atoms with Crippen molar-refractivity contribution in [2.24, 2.45) is 5.41 Å². The van der Waals surface area contributed by atoms with Gasteiger partial charge in [-0.25, -0.2) is 9.97 Å². The minimum atomic E-state index is 0.331. The van der Waals surface area contributed by atoms with Crippen molar-refractivity contribution in [2.75, 3.05) is 7.11 Å². The van der Waals surface area contributed by atoms with Crippen LogP contribution in [0.3, 0.4) is 0 Å². The van der Waals surface area contributed by atoms with E-state index in [9.17, 15) is 0 Å². The number of methoxy groups -OCH3 is 1. The van der Waals surface area contributed by atoms with E-state index in [4.69, 9.17) is 9.72 Å². The van der Waals surface area contributed by atoms with E-state index in [1.807, 2.05) is 6.20 Å². The molecule has 0 fully saturated rings. The van der Waals surface area contributed by atoms with Crippen LogP contribution in [0.4, 0.5) is 0 Å². The number of hydrogen-bond acceptors (Lipinski definition) is 3. The molecule has 0 spiro atoms. The summed E-state index contributed by atoms with van der Waals surface area (Å²) in [6.07, 6.45) is 5.33. The van der Waals surface area contributed by atoms with E-state index in [1.165, 1.54) is 23.2 Å². The van der Waals surface area contributed by atoms with Crippen LogP contribution >= 0.6 is 0 Å². The molecule has 0 saturated heterocycles. The van der Waals surface area contributed by atoms with E-state index in [1.54, 1.807) is 7.11 Å². The molecule has 1 heterocycles. The Morgan fingerprint density at radius 2 is 2.00 bits per heavy atom. The van der Waals surface area contributed by atoms with E-state index < -0.39 is 0 Å². The Morgan fingerprint density at radius 3 is 2.70 bits per heavy atom. The van der Waals surface area contributed by atoms with Crippen LogP contribution in [0.15, 0.2) is 24.4 Å². The maximum atomic E-state index is 5.56. The summed E-state index contributed by atoms with van der Waals surface area (Å²) in [5, 5.41) is 0. The number of ether oxygens (including phenoxy) is 1. The third-order valence-corrected chi connectivity index (χ3v) is 4.78. The number of rotatable bonds is 3. The molecule has 1 aliphatic carbocycles. The van der Waals surface area contributed by atoms with Crippen LogP contribution in [-0.4, -0.2) is 17.1 Å². The van der Waals surface area contributed by atoms with E-state index in [0.717, 1.165) is 30.0 Å². The van der Waals surface area contributed by atoms with E-state index in [0.29, 0.717) is 11.3 Å². The van der Waals surface area contributed by atoms with Gasteiger partial charge in [-0.15, -0.1) is 0 Å². The summed E-state index contributed by atoms with van der Waals surface area (Å²) >= 11 is 0. The highest BCUT2D eigenvalue weighted by Crippen LogP contribution is 2.35. The van der Waals surface area contributed by atoms with Gasteiger partial charge in [0.15, 0.2) is 5.82 Å². The molecule has 0 bridgehead atoms. The predicted molar refractivity (Wildman–Crippen MR) is 93.9 cm³/mol. The summed E-state index contributed by atoms with van der Waals surface area (Å²) in [6, 6.07) is 6.30. The lowest BCUT2D eigenvalue weighted by Crippen LogP contribution is -2.23. The third kappa shape index (κ3) is 3.24. The minimum Gasteiger partial charge on any atom is -0.496 e. The molecule has 3 nitrogen and oxygen atoms in total. The Balaban J connectivity index is 2.00. The average Bonchev–Trinajstić information content (AvgIpc) is 2.52. The highest BCUT2D eigenvalue weighted by molar-refractivity contribution is 5.60. The lowest BCUT2D eigenvalue weighted by Gasteiger charge is -2.30. The Kier molecular flexibility index (Phi) is 4.13. The summed E-state index contributed by atoms with van der Waals surface area (Å²) in [5.41, 5.74) is 5.09. The Morgan fingerprint density at radius 1 is 1.22 bits per heavy atom. The Labute approximate surface area is 139 Å². The first-order valence-corrected chi connectivity index (χ1v) is 8.43. The lowest BCUT2D eigenvalue weighted by atomic mass is 9.77. The summed E-state index contributed by atoms with van der Waals surface area (Å²) < 4.78 is 5.56. The first-order valence-electron chi connectivity index (χ1n) is 8.43. The number of benzene rings is 1. The second-order valence-corrected chi connectivity index (χ2v) is 7.62. The smallest absolute Gasteiger partial charge is 0.159 e. The molecule has 0 radical (unpaired) electrons. The van der Waals surface area contributed by atoms with Gasteiger partial charge in [0.2, 0.25) is 0 Å². The molecule has 3 rings (SSSR count). The molecular weight excluding hydrogens is 284 g/mol. The highest BCUT2D eigenvalue weighted by atomic mass is 16.5. The Bertz CT molecular complexity index is 720. The van der Waals surface area contributed by atoms with Crippen molar-refractivity contribution in [1.29, 1.82) is 0 Å². The molecule has 122 valence electrons. The molecule has 1 aliphatic rings. The zero-order valence-electron chi connectivity index (χ0n) is 14.8. The maximum absolute atomic E-state index is 5.56. The molecule has 2 aromatic rings. The van der Waals surface area contributed by atoms with Gasteiger partial charge in [-0.3, -0.25) is 0 Å². The minimum absolute atomic E-state index is 0.331. The normalized spacial score (nSPS) is 16.3. The van der Waals surface area contributed by atoms with E-state index >= 15 is 0 Å². The third-order valence-electron chi connectivity index (χ3n) is 4.78. The zero-order valence-corrected chi connectivity index (χ0v) is 14.8. The molecular formula is C20H26N2O. The lowest BCUT2D eigenvalue weighted by molar-refractivity contribution is 0.310. The SMILES string of the molecule is COc1cc(-c2ncc3c(n2)CC(C)(C)CC3)ccc1C(C)C. The monoisotopic (exact) mass is 310 g/mol. The molecule has 0 unspecified atom stereocenters. The van der Waals surface area contributed by atoms with Crippen LogP contribution in [0.25, 0.3) is 11.4 Å². The van der Waals surface area contributed by atoms with Gasteiger partial charge in [0.25, 0.3) is 0 Å². The number of aromatic nitrogens is 2. The van der Waals surface area contributed by atoms with Crippen molar-refractivity contribution in [1.82, 2.24) is 9.97 Å². The van der Waals surface area contributed by atoms with Gasteiger partial charge in [0, 0.05) is 17.5 Å². The van der Waals surface area contributed by atoms with Crippen LogP contribution in [-0.2, 0) is 12.8 Å². The first-order chi connectivity index (χ1) is 10.9. The molecule has 0 amide bonds. The summed E-state index contributed by atoms with van der Waals surface area (Å²) in [4.78, 5) is 9.46. The van der Waals surface area contributed by atoms with Gasteiger partial charge < -0.3 is 4.74 Å². The van der Waals surface area contributed by atoms with Crippen molar-refractivity contribution in [3.63, 3.8) is 0 Å². The van der Waals surface area contributed by atoms with Crippen LogP contribution in [0, 0.1) is 5.41 Å².